The Morgan fingerprint density at radius 2 is 1.94 bits per heavy atom. The van der Waals surface area contributed by atoms with Gasteiger partial charge in [-0.05, 0) is 12.1 Å². The second kappa shape index (κ2) is 7.09. The van der Waals surface area contributed by atoms with E-state index in [4.69, 9.17) is 14.2 Å². The van der Waals surface area contributed by atoms with Crippen molar-refractivity contribution in [2.75, 3.05) is 34.5 Å². The molecular formula is C12H20NO3+. The fourth-order valence-electron chi connectivity index (χ4n) is 1.48. The lowest BCUT2D eigenvalue weighted by atomic mass is 10.2. The van der Waals surface area contributed by atoms with Gasteiger partial charge in [-0.15, -0.1) is 0 Å². The highest BCUT2D eigenvalue weighted by Crippen LogP contribution is 2.23. The van der Waals surface area contributed by atoms with Crippen LogP contribution in [0, 0.1) is 0 Å². The lowest BCUT2D eigenvalue weighted by Gasteiger charge is -2.09. The van der Waals surface area contributed by atoms with Crippen LogP contribution in [0.2, 0.25) is 0 Å². The second-order valence-corrected chi connectivity index (χ2v) is 3.45. The minimum Gasteiger partial charge on any atom is -0.497 e. The molecule has 0 bridgehead atoms. The quantitative estimate of drug-likeness (QED) is 0.685. The van der Waals surface area contributed by atoms with Crippen molar-refractivity contribution in [3.63, 3.8) is 0 Å². The molecule has 0 heterocycles. The summed E-state index contributed by atoms with van der Waals surface area (Å²) in [5, 5.41) is 2.19. The third-order valence-corrected chi connectivity index (χ3v) is 2.38. The van der Waals surface area contributed by atoms with Crippen molar-refractivity contribution in [3.05, 3.63) is 23.8 Å². The van der Waals surface area contributed by atoms with Crippen molar-refractivity contribution < 1.29 is 19.5 Å². The summed E-state index contributed by atoms with van der Waals surface area (Å²) >= 11 is 0. The third-order valence-electron chi connectivity index (χ3n) is 2.38. The van der Waals surface area contributed by atoms with E-state index in [1.54, 1.807) is 21.3 Å². The smallest absolute Gasteiger partial charge is 0.131 e. The topological polar surface area (TPSA) is 44.3 Å². The van der Waals surface area contributed by atoms with Crippen LogP contribution in [-0.4, -0.2) is 34.5 Å². The van der Waals surface area contributed by atoms with Crippen LogP contribution >= 0.6 is 0 Å². The van der Waals surface area contributed by atoms with Crippen molar-refractivity contribution in [2.24, 2.45) is 0 Å². The van der Waals surface area contributed by atoms with Gasteiger partial charge in [0.25, 0.3) is 0 Å². The van der Waals surface area contributed by atoms with Gasteiger partial charge in [-0.2, -0.15) is 0 Å². The van der Waals surface area contributed by atoms with E-state index < -0.39 is 0 Å². The summed E-state index contributed by atoms with van der Waals surface area (Å²) in [4.78, 5) is 0. The number of hydrogen-bond donors (Lipinski definition) is 1. The Bertz CT molecular complexity index is 315. The Morgan fingerprint density at radius 3 is 2.56 bits per heavy atom. The van der Waals surface area contributed by atoms with Crippen LogP contribution in [0.25, 0.3) is 0 Å². The molecule has 0 saturated heterocycles. The Morgan fingerprint density at radius 1 is 1.12 bits per heavy atom. The number of rotatable bonds is 7. The van der Waals surface area contributed by atoms with Crippen LogP contribution in [0.3, 0.4) is 0 Å². The van der Waals surface area contributed by atoms with Gasteiger partial charge in [-0.25, -0.2) is 0 Å². The maximum absolute atomic E-state index is 5.31. The van der Waals surface area contributed by atoms with E-state index >= 15 is 0 Å². The predicted octanol–water partition coefficient (Wildman–Crippen LogP) is 0.414. The van der Waals surface area contributed by atoms with Gasteiger partial charge in [-0.3, -0.25) is 0 Å². The van der Waals surface area contributed by atoms with Gasteiger partial charge in [-0.1, -0.05) is 0 Å². The molecule has 1 aromatic rings. The normalized spacial score (nSPS) is 10.2. The second-order valence-electron chi connectivity index (χ2n) is 3.45. The molecule has 0 aliphatic carbocycles. The molecule has 0 atom stereocenters. The van der Waals surface area contributed by atoms with Crippen molar-refractivity contribution in [1.82, 2.24) is 0 Å². The first-order chi connectivity index (χ1) is 7.81. The van der Waals surface area contributed by atoms with Gasteiger partial charge in [0.1, 0.15) is 18.0 Å². The van der Waals surface area contributed by atoms with Gasteiger partial charge in [0, 0.05) is 18.7 Å². The monoisotopic (exact) mass is 226 g/mol. The molecule has 0 aliphatic heterocycles. The van der Waals surface area contributed by atoms with E-state index in [1.165, 1.54) is 5.56 Å². The summed E-state index contributed by atoms with van der Waals surface area (Å²) in [6.45, 7) is 2.60. The number of hydrogen-bond acceptors (Lipinski definition) is 3. The molecular weight excluding hydrogens is 206 g/mol. The minimum absolute atomic E-state index is 0.762. The van der Waals surface area contributed by atoms with Crippen molar-refractivity contribution in [3.8, 4) is 11.5 Å². The van der Waals surface area contributed by atoms with Crippen LogP contribution in [0.1, 0.15) is 5.56 Å². The first-order valence-electron chi connectivity index (χ1n) is 5.33. The number of methoxy groups -OCH3 is 3. The molecule has 1 rings (SSSR count). The van der Waals surface area contributed by atoms with E-state index in [-0.39, 0.29) is 0 Å². The molecule has 4 nitrogen and oxygen atoms in total. The standard InChI is InChI=1S/C12H19NO3/c1-14-7-6-13-9-10-4-5-11(15-2)8-12(10)16-3/h4-5,8,13H,6-7,9H2,1-3H3/p+1. The Balaban J connectivity index is 2.57. The number of ether oxygens (including phenoxy) is 3. The average Bonchev–Trinajstić information content (AvgIpc) is 2.34. The van der Waals surface area contributed by atoms with E-state index in [0.717, 1.165) is 31.2 Å². The maximum atomic E-state index is 5.31. The fourth-order valence-corrected chi connectivity index (χ4v) is 1.48. The Labute approximate surface area is 96.5 Å². The van der Waals surface area contributed by atoms with Gasteiger partial charge in [0.15, 0.2) is 0 Å². The summed E-state index contributed by atoms with van der Waals surface area (Å²) in [6, 6.07) is 5.88. The zero-order chi connectivity index (χ0) is 11.8. The average molecular weight is 226 g/mol. The van der Waals surface area contributed by atoms with Crippen LogP contribution in [-0.2, 0) is 11.3 Å². The molecule has 0 aliphatic rings. The van der Waals surface area contributed by atoms with E-state index in [2.05, 4.69) is 5.32 Å². The molecule has 0 fully saturated rings. The summed E-state index contributed by atoms with van der Waals surface area (Å²) < 4.78 is 15.4. The van der Waals surface area contributed by atoms with Crippen molar-refractivity contribution in [1.29, 1.82) is 0 Å². The molecule has 0 spiro atoms. The minimum atomic E-state index is 0.762. The molecule has 0 radical (unpaired) electrons. The molecule has 0 unspecified atom stereocenters. The zero-order valence-corrected chi connectivity index (χ0v) is 10.2. The highest BCUT2D eigenvalue weighted by atomic mass is 16.5. The fraction of sp³-hybridized carbons (Fsp3) is 0.500. The molecule has 1 aromatic carbocycles. The Hall–Kier alpha value is -1.26. The third kappa shape index (κ3) is 3.72. The summed E-state index contributed by atoms with van der Waals surface area (Å²) in [5.74, 6) is 1.69. The lowest BCUT2D eigenvalue weighted by Crippen LogP contribution is -2.83. The molecule has 90 valence electrons. The molecule has 4 heteroatoms. The Kier molecular flexibility index (Phi) is 5.67. The van der Waals surface area contributed by atoms with Gasteiger partial charge < -0.3 is 19.5 Å². The summed E-state index contributed by atoms with van der Waals surface area (Å²) in [6.07, 6.45) is 0. The highest BCUT2D eigenvalue weighted by Gasteiger charge is 2.06. The van der Waals surface area contributed by atoms with Crippen LogP contribution < -0.4 is 14.8 Å². The molecule has 0 aromatic heterocycles. The molecule has 2 N–H and O–H groups in total. The van der Waals surface area contributed by atoms with E-state index in [9.17, 15) is 0 Å². The SMILES string of the molecule is COCC[NH2+]Cc1ccc(OC)cc1OC. The largest absolute Gasteiger partial charge is 0.497 e. The van der Waals surface area contributed by atoms with Gasteiger partial charge >= 0.3 is 0 Å². The van der Waals surface area contributed by atoms with Gasteiger partial charge in [0.05, 0.1) is 27.4 Å². The maximum Gasteiger partial charge on any atom is 0.131 e. The summed E-state index contributed by atoms with van der Waals surface area (Å²) in [7, 11) is 5.04. The number of benzene rings is 1. The molecule has 0 saturated carbocycles. The number of quaternary nitrogens is 1. The van der Waals surface area contributed by atoms with E-state index in [0.29, 0.717) is 0 Å². The van der Waals surface area contributed by atoms with Crippen molar-refractivity contribution in [2.45, 2.75) is 6.54 Å². The predicted molar refractivity (Wildman–Crippen MR) is 61.9 cm³/mol. The summed E-state index contributed by atoms with van der Waals surface area (Å²) in [5.41, 5.74) is 1.17. The molecule has 16 heavy (non-hydrogen) atoms. The lowest BCUT2D eigenvalue weighted by molar-refractivity contribution is -0.671. The van der Waals surface area contributed by atoms with Crippen LogP contribution in [0.4, 0.5) is 0 Å². The van der Waals surface area contributed by atoms with Crippen LogP contribution in [0.15, 0.2) is 18.2 Å². The van der Waals surface area contributed by atoms with Gasteiger partial charge in [0.2, 0.25) is 0 Å². The van der Waals surface area contributed by atoms with Crippen LogP contribution in [0.5, 0.6) is 11.5 Å². The first kappa shape index (κ1) is 12.8. The zero-order valence-electron chi connectivity index (χ0n) is 10.2. The van der Waals surface area contributed by atoms with Crippen molar-refractivity contribution >= 4 is 0 Å². The number of nitrogens with two attached hydrogens (primary N) is 1. The molecule has 0 amide bonds. The van der Waals surface area contributed by atoms with E-state index in [1.807, 2.05) is 18.2 Å². The highest BCUT2D eigenvalue weighted by molar-refractivity contribution is 5.40. The first-order valence-corrected chi connectivity index (χ1v) is 5.33.